The Morgan fingerprint density at radius 2 is 1.75 bits per heavy atom. The third-order valence-electron chi connectivity index (χ3n) is 2.85. The zero-order valence-electron chi connectivity index (χ0n) is 10.9. The maximum absolute atomic E-state index is 13.2. The summed E-state index contributed by atoms with van der Waals surface area (Å²) < 4.78 is 41.1. The number of benzene rings is 2. The van der Waals surface area contributed by atoms with Crippen molar-refractivity contribution in [2.75, 3.05) is 4.72 Å². The zero-order valence-corrected chi connectivity index (χ0v) is 13.3. The van der Waals surface area contributed by atoms with Crippen molar-refractivity contribution in [2.45, 2.75) is 18.7 Å². The molecular formula is C14H13BrFNO2S. The Morgan fingerprint density at radius 3 is 2.40 bits per heavy atom. The average Bonchev–Trinajstić information content (AvgIpc) is 2.36. The van der Waals surface area contributed by atoms with Crippen molar-refractivity contribution in [1.29, 1.82) is 0 Å². The summed E-state index contributed by atoms with van der Waals surface area (Å²) in [5.74, 6) is -0.581. The van der Waals surface area contributed by atoms with Crippen molar-refractivity contribution in [2.24, 2.45) is 0 Å². The maximum Gasteiger partial charge on any atom is 0.262 e. The number of anilines is 1. The van der Waals surface area contributed by atoms with Gasteiger partial charge in [-0.25, -0.2) is 12.8 Å². The zero-order chi connectivity index (χ0) is 14.9. The average molecular weight is 358 g/mol. The van der Waals surface area contributed by atoms with Gasteiger partial charge in [0, 0.05) is 10.2 Å². The minimum Gasteiger partial charge on any atom is -0.280 e. The molecule has 0 aliphatic carbocycles. The van der Waals surface area contributed by atoms with Crippen LogP contribution in [0.15, 0.2) is 45.8 Å². The first-order valence-electron chi connectivity index (χ1n) is 5.85. The van der Waals surface area contributed by atoms with Crippen molar-refractivity contribution < 1.29 is 12.8 Å². The molecule has 0 spiro atoms. The summed E-state index contributed by atoms with van der Waals surface area (Å²) in [6, 6.07) is 8.80. The molecule has 3 nitrogen and oxygen atoms in total. The SMILES string of the molecule is Cc1cc(NS(=O)(=O)c2cc(F)ccc2C)ccc1Br. The summed E-state index contributed by atoms with van der Waals surface area (Å²) in [5, 5.41) is 0. The molecule has 0 aliphatic heterocycles. The third kappa shape index (κ3) is 3.19. The van der Waals surface area contributed by atoms with Crippen molar-refractivity contribution in [3.8, 4) is 0 Å². The molecule has 2 rings (SSSR count). The lowest BCUT2D eigenvalue weighted by Crippen LogP contribution is -2.14. The highest BCUT2D eigenvalue weighted by Gasteiger charge is 2.18. The van der Waals surface area contributed by atoms with Gasteiger partial charge in [-0.3, -0.25) is 4.72 Å². The predicted octanol–water partition coefficient (Wildman–Crippen LogP) is 4.01. The molecule has 0 fully saturated rings. The number of hydrogen-bond acceptors (Lipinski definition) is 2. The van der Waals surface area contributed by atoms with Crippen LogP contribution in [0.3, 0.4) is 0 Å². The first kappa shape index (κ1) is 15.0. The number of nitrogens with one attached hydrogen (secondary N) is 1. The van der Waals surface area contributed by atoms with Crippen LogP contribution in [-0.4, -0.2) is 8.42 Å². The Hall–Kier alpha value is -1.40. The van der Waals surface area contributed by atoms with Crippen LogP contribution >= 0.6 is 15.9 Å². The number of halogens is 2. The topological polar surface area (TPSA) is 46.2 Å². The summed E-state index contributed by atoms with van der Waals surface area (Å²) in [7, 11) is -3.80. The molecular weight excluding hydrogens is 345 g/mol. The standard InChI is InChI=1S/C14H13BrFNO2S/c1-9-3-4-11(16)8-14(9)20(18,19)17-12-5-6-13(15)10(2)7-12/h3-8,17H,1-2H3. The summed E-state index contributed by atoms with van der Waals surface area (Å²) in [5.41, 5.74) is 1.84. The Morgan fingerprint density at radius 1 is 1.05 bits per heavy atom. The monoisotopic (exact) mass is 357 g/mol. The number of rotatable bonds is 3. The smallest absolute Gasteiger partial charge is 0.262 e. The second-order valence-corrected chi connectivity index (χ2v) is 6.98. The Kier molecular flexibility index (Phi) is 4.15. The lowest BCUT2D eigenvalue weighted by atomic mass is 10.2. The molecule has 0 heterocycles. The van der Waals surface area contributed by atoms with Gasteiger partial charge in [-0.1, -0.05) is 22.0 Å². The molecule has 0 aliphatic rings. The van der Waals surface area contributed by atoms with E-state index in [9.17, 15) is 12.8 Å². The highest BCUT2D eigenvalue weighted by molar-refractivity contribution is 9.10. The van der Waals surface area contributed by atoms with Crippen LogP contribution in [-0.2, 0) is 10.0 Å². The summed E-state index contributed by atoms with van der Waals surface area (Å²) in [6.45, 7) is 3.48. The molecule has 2 aromatic rings. The third-order valence-corrected chi connectivity index (χ3v) is 5.26. The van der Waals surface area contributed by atoms with Crippen LogP contribution in [0.25, 0.3) is 0 Å². The van der Waals surface area contributed by atoms with Gasteiger partial charge in [0.15, 0.2) is 0 Å². The molecule has 2 aromatic carbocycles. The quantitative estimate of drug-likeness (QED) is 0.901. The van der Waals surface area contributed by atoms with Crippen LogP contribution in [0, 0.1) is 19.7 Å². The minimum absolute atomic E-state index is 0.0573. The van der Waals surface area contributed by atoms with Crippen molar-refractivity contribution >= 4 is 31.6 Å². The van der Waals surface area contributed by atoms with E-state index < -0.39 is 15.8 Å². The van der Waals surface area contributed by atoms with Gasteiger partial charge in [-0.15, -0.1) is 0 Å². The largest absolute Gasteiger partial charge is 0.280 e. The highest BCUT2D eigenvalue weighted by Crippen LogP contribution is 2.24. The van der Waals surface area contributed by atoms with Crippen molar-refractivity contribution in [3.05, 3.63) is 57.8 Å². The van der Waals surface area contributed by atoms with Gasteiger partial charge in [0.05, 0.1) is 4.90 Å². The van der Waals surface area contributed by atoms with Gasteiger partial charge < -0.3 is 0 Å². The minimum atomic E-state index is -3.80. The van der Waals surface area contributed by atoms with E-state index in [4.69, 9.17) is 0 Å². The highest BCUT2D eigenvalue weighted by atomic mass is 79.9. The number of sulfonamides is 1. The first-order valence-corrected chi connectivity index (χ1v) is 8.12. The molecule has 1 N–H and O–H groups in total. The van der Waals surface area contributed by atoms with Crippen molar-refractivity contribution in [3.63, 3.8) is 0 Å². The van der Waals surface area contributed by atoms with Crippen molar-refractivity contribution in [1.82, 2.24) is 0 Å². The fourth-order valence-electron chi connectivity index (χ4n) is 1.78. The van der Waals surface area contributed by atoms with E-state index in [1.54, 1.807) is 25.1 Å². The maximum atomic E-state index is 13.2. The van der Waals surface area contributed by atoms with Gasteiger partial charge in [0.25, 0.3) is 10.0 Å². The van der Waals surface area contributed by atoms with E-state index in [1.165, 1.54) is 12.1 Å². The van der Waals surface area contributed by atoms with Crippen LogP contribution in [0.4, 0.5) is 10.1 Å². The molecule has 106 valence electrons. The Bertz CT molecular complexity index is 760. The lowest BCUT2D eigenvalue weighted by molar-refractivity contribution is 0.594. The molecule has 0 bridgehead atoms. The molecule has 0 atom stereocenters. The molecule has 20 heavy (non-hydrogen) atoms. The number of aryl methyl sites for hydroxylation is 2. The normalized spacial score (nSPS) is 11.4. The summed E-state index contributed by atoms with van der Waals surface area (Å²) >= 11 is 3.35. The number of hydrogen-bond donors (Lipinski definition) is 1. The predicted molar refractivity (Wildman–Crippen MR) is 80.8 cm³/mol. The van der Waals surface area contributed by atoms with E-state index in [0.29, 0.717) is 11.3 Å². The van der Waals surface area contributed by atoms with E-state index >= 15 is 0 Å². The van der Waals surface area contributed by atoms with Crippen LogP contribution < -0.4 is 4.72 Å². The molecule has 0 amide bonds. The van der Waals surface area contributed by atoms with E-state index in [0.717, 1.165) is 16.1 Å². The fourth-order valence-corrected chi connectivity index (χ4v) is 3.34. The van der Waals surface area contributed by atoms with E-state index in [2.05, 4.69) is 20.7 Å². The second kappa shape index (κ2) is 5.54. The van der Waals surface area contributed by atoms with Crippen LogP contribution in [0.2, 0.25) is 0 Å². The van der Waals surface area contributed by atoms with Gasteiger partial charge in [-0.2, -0.15) is 0 Å². The van der Waals surface area contributed by atoms with Gasteiger partial charge in [-0.05, 0) is 55.3 Å². The van der Waals surface area contributed by atoms with E-state index in [-0.39, 0.29) is 4.90 Å². The van der Waals surface area contributed by atoms with Crippen LogP contribution in [0.1, 0.15) is 11.1 Å². The molecule has 0 unspecified atom stereocenters. The Labute approximate surface area is 126 Å². The molecule has 0 radical (unpaired) electrons. The fraction of sp³-hybridized carbons (Fsp3) is 0.143. The molecule has 0 saturated heterocycles. The van der Waals surface area contributed by atoms with E-state index in [1.807, 2.05) is 6.92 Å². The second-order valence-electron chi connectivity index (χ2n) is 4.48. The summed E-state index contributed by atoms with van der Waals surface area (Å²) in [4.78, 5) is -0.0573. The van der Waals surface area contributed by atoms with Gasteiger partial charge in [0.2, 0.25) is 0 Å². The van der Waals surface area contributed by atoms with Gasteiger partial charge in [0.1, 0.15) is 5.82 Å². The van der Waals surface area contributed by atoms with Crippen LogP contribution in [0.5, 0.6) is 0 Å². The summed E-state index contributed by atoms with van der Waals surface area (Å²) in [6.07, 6.45) is 0. The molecule has 0 saturated carbocycles. The molecule has 6 heteroatoms. The van der Waals surface area contributed by atoms with Gasteiger partial charge >= 0.3 is 0 Å². The lowest BCUT2D eigenvalue weighted by Gasteiger charge is -2.11. The first-order chi connectivity index (χ1) is 9.29. The Balaban J connectivity index is 2.40. The molecule has 0 aromatic heterocycles.